The van der Waals surface area contributed by atoms with Crippen molar-refractivity contribution in [1.29, 1.82) is 0 Å². The molecule has 0 bridgehead atoms. The SMILES string of the molecule is I.NC(=NCc1cccc(N2CC=CC2)c1)NCc1ccc(OC(F)(F)F)cc1. The maximum absolute atomic E-state index is 12.2. The molecule has 0 fully saturated rings. The van der Waals surface area contributed by atoms with Gasteiger partial charge in [0.25, 0.3) is 0 Å². The number of halogens is 4. The van der Waals surface area contributed by atoms with Crippen molar-refractivity contribution in [1.82, 2.24) is 5.32 Å². The van der Waals surface area contributed by atoms with Gasteiger partial charge in [-0.25, -0.2) is 4.99 Å². The molecule has 0 aliphatic carbocycles. The van der Waals surface area contributed by atoms with Crippen LogP contribution in [0.3, 0.4) is 0 Å². The maximum Gasteiger partial charge on any atom is 0.573 e. The third-order valence-electron chi connectivity index (χ3n) is 4.16. The van der Waals surface area contributed by atoms with Crippen molar-refractivity contribution in [2.45, 2.75) is 19.5 Å². The molecule has 0 atom stereocenters. The van der Waals surface area contributed by atoms with Crippen molar-refractivity contribution in [3.63, 3.8) is 0 Å². The van der Waals surface area contributed by atoms with Gasteiger partial charge in [0.05, 0.1) is 6.54 Å². The molecule has 29 heavy (non-hydrogen) atoms. The fourth-order valence-corrected chi connectivity index (χ4v) is 2.77. The summed E-state index contributed by atoms with van der Waals surface area (Å²) in [4.78, 5) is 6.57. The second-order valence-corrected chi connectivity index (χ2v) is 6.29. The predicted molar refractivity (Wildman–Crippen MR) is 119 cm³/mol. The molecule has 0 amide bonds. The Balaban J connectivity index is 0.00000300. The van der Waals surface area contributed by atoms with Crippen LogP contribution in [-0.4, -0.2) is 25.4 Å². The number of nitrogens with two attached hydrogens (primary N) is 1. The summed E-state index contributed by atoms with van der Waals surface area (Å²) >= 11 is 0. The molecule has 0 aromatic heterocycles. The molecule has 0 saturated heterocycles. The van der Waals surface area contributed by atoms with Crippen molar-refractivity contribution in [3.8, 4) is 5.75 Å². The fraction of sp³-hybridized carbons (Fsp3) is 0.250. The second kappa shape index (κ2) is 10.4. The molecule has 0 saturated carbocycles. The summed E-state index contributed by atoms with van der Waals surface area (Å²) in [6.45, 7) is 2.60. The summed E-state index contributed by atoms with van der Waals surface area (Å²) in [5, 5.41) is 2.95. The van der Waals surface area contributed by atoms with Gasteiger partial charge in [-0.1, -0.05) is 36.4 Å². The minimum Gasteiger partial charge on any atom is -0.406 e. The number of rotatable bonds is 6. The number of hydrogen-bond donors (Lipinski definition) is 2. The first kappa shape index (κ1) is 22.9. The van der Waals surface area contributed by atoms with Gasteiger partial charge in [0.15, 0.2) is 5.96 Å². The lowest BCUT2D eigenvalue weighted by Gasteiger charge is -2.18. The normalized spacial score (nSPS) is 13.9. The molecule has 156 valence electrons. The van der Waals surface area contributed by atoms with E-state index in [1.54, 1.807) is 0 Å². The third-order valence-corrected chi connectivity index (χ3v) is 4.16. The molecule has 1 aliphatic heterocycles. The van der Waals surface area contributed by atoms with Crippen LogP contribution >= 0.6 is 24.0 Å². The fourth-order valence-electron chi connectivity index (χ4n) is 2.77. The number of nitrogens with one attached hydrogen (secondary N) is 1. The van der Waals surface area contributed by atoms with E-state index >= 15 is 0 Å². The molecule has 3 N–H and O–H groups in total. The number of ether oxygens (including phenoxy) is 1. The standard InChI is InChI=1S/C20H21F3N4O.HI/c21-20(22,23)28-18-8-6-15(7-9-18)13-25-19(24)26-14-16-4-3-5-17(12-16)27-10-1-2-11-27;/h1-9,12H,10-11,13-14H2,(H3,24,25,26);1H. The van der Waals surface area contributed by atoms with Crippen molar-refractivity contribution in [2.24, 2.45) is 10.7 Å². The number of alkyl halides is 3. The predicted octanol–water partition coefficient (Wildman–Crippen LogP) is 4.18. The first-order valence-corrected chi connectivity index (χ1v) is 8.76. The summed E-state index contributed by atoms with van der Waals surface area (Å²) in [5.41, 5.74) is 8.84. The van der Waals surface area contributed by atoms with E-state index in [2.05, 4.69) is 44.2 Å². The molecule has 5 nitrogen and oxygen atoms in total. The van der Waals surface area contributed by atoms with Crippen LogP contribution in [0.4, 0.5) is 18.9 Å². The average Bonchev–Trinajstić information content (AvgIpc) is 3.20. The molecule has 1 aliphatic rings. The van der Waals surface area contributed by atoms with Gasteiger partial charge in [-0.15, -0.1) is 37.1 Å². The average molecular weight is 518 g/mol. The van der Waals surface area contributed by atoms with Crippen LogP contribution in [-0.2, 0) is 13.1 Å². The van der Waals surface area contributed by atoms with Crippen molar-refractivity contribution >= 4 is 35.6 Å². The zero-order valence-corrected chi connectivity index (χ0v) is 17.9. The van der Waals surface area contributed by atoms with Crippen LogP contribution in [0, 0.1) is 0 Å². The van der Waals surface area contributed by atoms with E-state index in [0.29, 0.717) is 13.1 Å². The van der Waals surface area contributed by atoms with E-state index in [9.17, 15) is 13.2 Å². The summed E-state index contributed by atoms with van der Waals surface area (Å²) < 4.78 is 40.3. The van der Waals surface area contributed by atoms with Gasteiger partial charge in [0.1, 0.15) is 5.75 Å². The number of nitrogens with zero attached hydrogens (tertiary/aromatic N) is 2. The van der Waals surface area contributed by atoms with Gasteiger partial charge in [0.2, 0.25) is 0 Å². The molecular formula is C20H22F3IN4O. The summed E-state index contributed by atoms with van der Waals surface area (Å²) in [7, 11) is 0. The first-order valence-electron chi connectivity index (χ1n) is 8.76. The molecule has 2 aromatic rings. The number of benzene rings is 2. The van der Waals surface area contributed by atoms with Crippen LogP contribution in [0.2, 0.25) is 0 Å². The number of hydrogen-bond acceptors (Lipinski definition) is 3. The van der Waals surface area contributed by atoms with Crippen molar-refractivity contribution in [3.05, 3.63) is 71.8 Å². The number of aliphatic imine (C=N–C) groups is 1. The molecule has 9 heteroatoms. The Morgan fingerprint density at radius 2 is 1.76 bits per heavy atom. The zero-order chi connectivity index (χ0) is 20.0. The minimum absolute atomic E-state index is 0. The Morgan fingerprint density at radius 1 is 1.07 bits per heavy atom. The van der Waals surface area contributed by atoms with Crippen molar-refractivity contribution < 1.29 is 17.9 Å². The Hall–Kier alpha value is -2.43. The van der Waals surface area contributed by atoms with Crippen LogP contribution < -0.4 is 20.7 Å². The van der Waals surface area contributed by atoms with E-state index in [-0.39, 0.29) is 35.7 Å². The Morgan fingerprint density at radius 3 is 2.41 bits per heavy atom. The van der Waals surface area contributed by atoms with Gasteiger partial charge in [0, 0.05) is 25.3 Å². The maximum atomic E-state index is 12.2. The molecule has 0 radical (unpaired) electrons. The summed E-state index contributed by atoms with van der Waals surface area (Å²) in [5.74, 6) is 0.00911. The molecular weight excluding hydrogens is 496 g/mol. The molecule has 0 spiro atoms. The lowest BCUT2D eigenvalue weighted by Crippen LogP contribution is -2.31. The van der Waals surface area contributed by atoms with E-state index < -0.39 is 6.36 Å². The Labute approximate surface area is 184 Å². The highest BCUT2D eigenvalue weighted by molar-refractivity contribution is 14.0. The lowest BCUT2D eigenvalue weighted by atomic mass is 10.2. The number of anilines is 1. The summed E-state index contributed by atoms with van der Waals surface area (Å²) in [6, 6.07) is 13.7. The largest absolute Gasteiger partial charge is 0.573 e. The first-order chi connectivity index (χ1) is 13.4. The highest BCUT2D eigenvalue weighted by Gasteiger charge is 2.30. The number of guanidine groups is 1. The van der Waals surface area contributed by atoms with Gasteiger partial charge in [-0.3, -0.25) is 0 Å². The second-order valence-electron chi connectivity index (χ2n) is 6.29. The molecule has 1 heterocycles. The monoisotopic (exact) mass is 518 g/mol. The third kappa shape index (κ3) is 7.48. The van der Waals surface area contributed by atoms with E-state index in [1.165, 1.54) is 24.3 Å². The van der Waals surface area contributed by atoms with Crippen molar-refractivity contribution in [2.75, 3.05) is 18.0 Å². The van der Waals surface area contributed by atoms with E-state index in [0.717, 1.165) is 29.9 Å². The van der Waals surface area contributed by atoms with Crippen LogP contribution in [0.15, 0.2) is 65.7 Å². The minimum atomic E-state index is -4.69. The zero-order valence-electron chi connectivity index (χ0n) is 15.5. The van der Waals surface area contributed by atoms with Crippen LogP contribution in [0.1, 0.15) is 11.1 Å². The van der Waals surface area contributed by atoms with Crippen LogP contribution in [0.25, 0.3) is 0 Å². The van der Waals surface area contributed by atoms with E-state index in [4.69, 9.17) is 5.73 Å². The van der Waals surface area contributed by atoms with Gasteiger partial charge in [-0.05, 0) is 35.4 Å². The highest BCUT2D eigenvalue weighted by atomic mass is 127. The van der Waals surface area contributed by atoms with Crippen LogP contribution in [0.5, 0.6) is 5.75 Å². The quantitative estimate of drug-likeness (QED) is 0.261. The molecule has 3 rings (SSSR count). The van der Waals surface area contributed by atoms with Gasteiger partial charge >= 0.3 is 6.36 Å². The van der Waals surface area contributed by atoms with Gasteiger partial charge < -0.3 is 20.7 Å². The Bertz CT molecular complexity index is 846. The highest BCUT2D eigenvalue weighted by Crippen LogP contribution is 2.22. The smallest absolute Gasteiger partial charge is 0.406 e. The summed E-state index contributed by atoms with van der Waals surface area (Å²) in [6.07, 6.45) is -0.428. The lowest BCUT2D eigenvalue weighted by molar-refractivity contribution is -0.274. The topological polar surface area (TPSA) is 62.9 Å². The van der Waals surface area contributed by atoms with E-state index in [1.807, 2.05) is 12.1 Å². The molecule has 2 aromatic carbocycles. The Kier molecular flexibility index (Phi) is 8.18. The molecule has 0 unspecified atom stereocenters. The van der Waals surface area contributed by atoms with Gasteiger partial charge in [-0.2, -0.15) is 0 Å².